The van der Waals surface area contributed by atoms with Gasteiger partial charge in [0.25, 0.3) is 0 Å². The van der Waals surface area contributed by atoms with Crippen molar-refractivity contribution in [3.63, 3.8) is 0 Å². The zero-order valence-electron chi connectivity index (χ0n) is 47.6. The first kappa shape index (κ1) is 71.6. The van der Waals surface area contributed by atoms with Crippen LogP contribution in [0.2, 0.25) is 0 Å². The van der Waals surface area contributed by atoms with Crippen molar-refractivity contribution in [2.24, 2.45) is 0 Å². The minimum absolute atomic E-state index is 0.169. The van der Waals surface area contributed by atoms with Gasteiger partial charge in [0.2, 0.25) is 0 Å². The van der Waals surface area contributed by atoms with Gasteiger partial charge in [-0.1, -0.05) is 206 Å². The summed E-state index contributed by atoms with van der Waals surface area (Å²) >= 11 is 0. The Hall–Kier alpha value is -0.460. The molecule has 0 aliphatic carbocycles. The first-order valence-electron chi connectivity index (χ1n) is 28.5. The van der Waals surface area contributed by atoms with Crippen LogP contribution in [0.1, 0.15) is 219 Å². The number of unbranched alkanes of at least 4 members (excludes halogenated alkanes) is 30. The SMILES string of the molecule is CCCCCCCCCCCCCCCCCCOC[C@@H](/C=C/P(=O)([O-])OCC[N+](C)(C)C)OC.CCCCCCCCCCCCCCCCCCOC[C@H](/C=C/P(=O)([O-])OCC[N+](C)(C)C)OC. The summed E-state index contributed by atoms with van der Waals surface area (Å²) in [5.74, 6) is 2.21. The fraction of sp³-hybridized carbons (Fsp3) is 0.929. The first-order valence-corrected chi connectivity index (χ1v) is 31.7. The smallest absolute Gasteiger partial charge is 0.157 e. The molecule has 4 atom stereocenters. The minimum Gasteiger partial charge on any atom is -0.775 e. The number of likely N-dealkylation sites (N-methyl/N-ethyl adjacent to an activating group) is 2. The number of nitrogens with zero attached hydrogens (tertiary/aromatic N) is 2. The van der Waals surface area contributed by atoms with Gasteiger partial charge in [-0.2, -0.15) is 0 Å². The van der Waals surface area contributed by atoms with E-state index >= 15 is 0 Å². The number of hydrogen-bond donors (Lipinski definition) is 0. The fourth-order valence-corrected chi connectivity index (χ4v) is 9.33. The molecule has 14 heteroatoms. The van der Waals surface area contributed by atoms with E-state index < -0.39 is 15.2 Å². The molecule has 2 unspecified atom stereocenters. The molecular weight excluding hydrogens is 923 g/mol. The summed E-state index contributed by atoms with van der Waals surface area (Å²) in [6.07, 6.45) is 45.4. The Morgan fingerprint density at radius 2 is 0.614 bits per heavy atom. The maximum absolute atomic E-state index is 12.0. The Labute approximate surface area is 434 Å². The van der Waals surface area contributed by atoms with Crippen LogP contribution in [0.3, 0.4) is 0 Å². The second kappa shape index (κ2) is 49.4. The van der Waals surface area contributed by atoms with Gasteiger partial charge in [-0.05, 0) is 36.6 Å². The van der Waals surface area contributed by atoms with Crippen LogP contribution in [0.15, 0.2) is 23.8 Å². The Balaban J connectivity index is 0. The van der Waals surface area contributed by atoms with Crippen LogP contribution in [0.5, 0.6) is 0 Å². The molecule has 70 heavy (non-hydrogen) atoms. The molecule has 0 saturated heterocycles. The topological polar surface area (TPSA) is 136 Å². The molecule has 0 heterocycles. The number of methoxy groups -OCH3 is 2. The molecule has 12 nitrogen and oxygen atoms in total. The van der Waals surface area contributed by atoms with Crippen LogP contribution < -0.4 is 9.79 Å². The maximum atomic E-state index is 12.0. The van der Waals surface area contributed by atoms with E-state index in [1.165, 1.54) is 205 Å². The van der Waals surface area contributed by atoms with Crippen LogP contribution in [-0.4, -0.2) is 130 Å². The van der Waals surface area contributed by atoms with E-state index in [0.717, 1.165) is 24.5 Å². The van der Waals surface area contributed by atoms with Crippen molar-refractivity contribution in [1.29, 1.82) is 0 Å². The van der Waals surface area contributed by atoms with E-state index in [1.54, 1.807) is 14.2 Å². The lowest BCUT2D eigenvalue weighted by Crippen LogP contribution is -2.37. The summed E-state index contributed by atoms with van der Waals surface area (Å²) in [6.45, 7) is 8.20. The second-order valence-electron chi connectivity index (χ2n) is 21.8. The van der Waals surface area contributed by atoms with Crippen LogP contribution >= 0.6 is 15.2 Å². The van der Waals surface area contributed by atoms with Crippen molar-refractivity contribution in [2.45, 2.75) is 232 Å². The van der Waals surface area contributed by atoms with E-state index in [9.17, 15) is 18.9 Å². The monoisotopic (exact) mass is 1040 g/mol. The third-order valence-corrected chi connectivity index (χ3v) is 14.6. The molecule has 0 fully saturated rings. The van der Waals surface area contributed by atoms with Gasteiger partial charge in [0.1, 0.15) is 26.3 Å². The quantitative estimate of drug-likeness (QED) is 0.0329. The van der Waals surface area contributed by atoms with E-state index in [0.29, 0.717) is 48.5 Å². The molecule has 0 rings (SSSR count). The van der Waals surface area contributed by atoms with Gasteiger partial charge in [0, 0.05) is 27.4 Å². The second-order valence-corrected chi connectivity index (χ2v) is 25.0. The van der Waals surface area contributed by atoms with Crippen molar-refractivity contribution in [3.05, 3.63) is 23.8 Å². The summed E-state index contributed by atoms with van der Waals surface area (Å²) in [5.41, 5.74) is 0. The number of rotatable bonds is 52. The van der Waals surface area contributed by atoms with E-state index in [2.05, 4.69) is 13.8 Å². The fourth-order valence-electron chi connectivity index (χ4n) is 7.68. The van der Waals surface area contributed by atoms with E-state index in [4.69, 9.17) is 28.0 Å². The van der Waals surface area contributed by atoms with Crippen molar-refractivity contribution in [3.8, 4) is 0 Å². The van der Waals surface area contributed by atoms with Crippen molar-refractivity contribution < 1.29 is 55.9 Å². The van der Waals surface area contributed by atoms with Gasteiger partial charge in [-0.3, -0.25) is 0 Å². The van der Waals surface area contributed by atoms with Gasteiger partial charge in [-0.25, -0.2) is 0 Å². The molecule has 0 aliphatic heterocycles. The number of ether oxygens (including phenoxy) is 4. The largest absolute Gasteiger partial charge is 0.775 e. The standard InChI is InChI=1S/2C28H58NO5P/c2*1-6-7-8-9-10-11-12-13-14-15-16-17-18-19-20-21-24-33-27-28(32-5)22-26-35(30,31)34-25-23-29(2,3)4/h2*22,26,28H,6-21,23-25,27H2,1-5H3/b2*26-22+/t2*28-/m10/s1. The Morgan fingerprint density at radius 3 is 0.829 bits per heavy atom. The third-order valence-electron chi connectivity index (χ3n) is 12.5. The predicted octanol–water partition coefficient (Wildman–Crippen LogP) is 14.1. The van der Waals surface area contributed by atoms with E-state index in [1.807, 2.05) is 42.3 Å². The molecule has 420 valence electrons. The van der Waals surface area contributed by atoms with Gasteiger partial charge < -0.3 is 55.9 Å². The Bertz CT molecular complexity index is 1170. The molecule has 0 aromatic heterocycles. The van der Waals surface area contributed by atoms with Crippen LogP contribution in [-0.2, 0) is 37.1 Å². The van der Waals surface area contributed by atoms with E-state index in [-0.39, 0.29) is 25.4 Å². The average molecular weight is 1040 g/mol. The summed E-state index contributed by atoms with van der Waals surface area (Å²) < 4.78 is 57.4. The predicted molar refractivity (Wildman–Crippen MR) is 294 cm³/mol. The first-order chi connectivity index (χ1) is 33.4. The minimum atomic E-state index is -4.00. The summed E-state index contributed by atoms with van der Waals surface area (Å²) in [4.78, 5) is 24.0. The van der Waals surface area contributed by atoms with Crippen molar-refractivity contribution in [2.75, 3.05) is 109 Å². The van der Waals surface area contributed by atoms with Crippen LogP contribution in [0.25, 0.3) is 0 Å². The lowest BCUT2D eigenvalue weighted by Gasteiger charge is -2.26. The normalized spacial score (nSPS) is 15.0. The highest BCUT2D eigenvalue weighted by molar-refractivity contribution is 7.55. The highest BCUT2D eigenvalue weighted by Gasteiger charge is 2.13. The average Bonchev–Trinajstić information content (AvgIpc) is 3.29. The molecule has 0 aliphatic rings. The third kappa shape index (κ3) is 58.4. The van der Waals surface area contributed by atoms with Crippen LogP contribution in [0.4, 0.5) is 0 Å². The van der Waals surface area contributed by atoms with Gasteiger partial charge >= 0.3 is 0 Å². The molecule has 0 radical (unpaired) electrons. The molecule has 0 aromatic carbocycles. The van der Waals surface area contributed by atoms with Crippen molar-refractivity contribution >= 4 is 15.2 Å². The highest BCUT2D eigenvalue weighted by atomic mass is 31.2. The molecule has 0 spiro atoms. The lowest BCUT2D eigenvalue weighted by atomic mass is 10.0. The number of quaternary nitrogens is 2. The lowest BCUT2D eigenvalue weighted by molar-refractivity contribution is -0.870. The Morgan fingerprint density at radius 1 is 0.386 bits per heavy atom. The molecule has 0 N–H and O–H groups in total. The van der Waals surface area contributed by atoms with Crippen molar-refractivity contribution in [1.82, 2.24) is 0 Å². The highest BCUT2D eigenvalue weighted by Crippen LogP contribution is 2.39. The summed E-state index contributed by atoms with van der Waals surface area (Å²) in [6, 6.07) is 0. The maximum Gasteiger partial charge on any atom is 0.157 e. The molecule has 0 bridgehead atoms. The summed E-state index contributed by atoms with van der Waals surface area (Å²) in [5, 5.41) is 0. The number of hydrogen-bond acceptors (Lipinski definition) is 10. The molecule has 0 saturated carbocycles. The Kier molecular flexibility index (Phi) is 50.6. The van der Waals surface area contributed by atoms with Gasteiger partial charge in [0.15, 0.2) is 15.2 Å². The molecular formula is C56H116N2O10P2. The molecule has 0 aromatic rings. The van der Waals surface area contributed by atoms with Crippen LogP contribution in [0, 0.1) is 0 Å². The van der Waals surface area contributed by atoms with Gasteiger partial charge in [-0.15, -0.1) is 0 Å². The zero-order valence-corrected chi connectivity index (χ0v) is 49.4. The van der Waals surface area contributed by atoms with Gasteiger partial charge in [0.05, 0.1) is 67.7 Å². The molecule has 0 amide bonds. The summed E-state index contributed by atoms with van der Waals surface area (Å²) in [7, 11) is 7.07. The zero-order chi connectivity index (χ0) is 52.5.